The predicted octanol–water partition coefficient (Wildman–Crippen LogP) is 4.98. The number of aldehydes is 1. The van der Waals surface area contributed by atoms with Crippen LogP contribution in [-0.4, -0.2) is 54.4 Å². The van der Waals surface area contributed by atoms with Crippen molar-refractivity contribution in [1.29, 1.82) is 0 Å². The summed E-state index contributed by atoms with van der Waals surface area (Å²) in [6, 6.07) is 28.9. The van der Waals surface area contributed by atoms with E-state index in [0.29, 0.717) is 26.2 Å². The molecule has 6 nitrogen and oxygen atoms in total. The molecule has 0 saturated carbocycles. The molecule has 214 valence electrons. The van der Waals surface area contributed by atoms with Gasteiger partial charge in [0.2, 0.25) is 0 Å². The Labute approximate surface area is 239 Å². The average Bonchev–Trinajstić information content (AvgIpc) is 3.30. The molecule has 0 bridgehead atoms. The van der Waals surface area contributed by atoms with Gasteiger partial charge < -0.3 is 28.2 Å². The van der Waals surface area contributed by atoms with Crippen LogP contribution in [0, 0.1) is 11.8 Å². The fourth-order valence-electron chi connectivity index (χ4n) is 5.89. The first-order chi connectivity index (χ1) is 19.3. The largest absolute Gasteiger partial charge is 0.497 e. The molecule has 0 unspecified atom stereocenters. The van der Waals surface area contributed by atoms with Crippen molar-refractivity contribution in [3.05, 3.63) is 90.5 Å². The minimum atomic E-state index is -2.75. The maximum atomic E-state index is 11.8. The molecule has 0 aliphatic carbocycles. The van der Waals surface area contributed by atoms with Gasteiger partial charge in [0.1, 0.15) is 12.0 Å². The smallest absolute Gasteiger partial charge is 0.261 e. The van der Waals surface area contributed by atoms with Crippen LogP contribution in [0.15, 0.2) is 84.9 Å². The summed E-state index contributed by atoms with van der Waals surface area (Å²) in [5.41, 5.74) is 1.05. The molecule has 7 heteroatoms. The van der Waals surface area contributed by atoms with Gasteiger partial charge in [-0.3, -0.25) is 0 Å². The van der Waals surface area contributed by atoms with E-state index in [0.717, 1.165) is 17.6 Å². The number of ether oxygens (including phenoxy) is 4. The summed E-state index contributed by atoms with van der Waals surface area (Å²) >= 11 is 0. The van der Waals surface area contributed by atoms with E-state index in [1.54, 1.807) is 14.2 Å². The predicted molar refractivity (Wildman–Crippen MR) is 160 cm³/mol. The minimum absolute atomic E-state index is 0.0865. The van der Waals surface area contributed by atoms with Crippen LogP contribution in [0.3, 0.4) is 0 Å². The lowest BCUT2D eigenvalue weighted by Gasteiger charge is -2.43. The number of hydrogen-bond acceptors (Lipinski definition) is 6. The molecule has 1 saturated heterocycles. The quantitative estimate of drug-likeness (QED) is 0.216. The van der Waals surface area contributed by atoms with Gasteiger partial charge in [0, 0.05) is 25.4 Å². The summed E-state index contributed by atoms with van der Waals surface area (Å²) in [5, 5.41) is 2.26. The standard InChI is InChI=1S/C33H42O6Si/c1-33(2,3)40(27-12-8-6-9-13-27,28-14-10-7-11-15-28)38-24-31-29(20-21-34)30(32(36-5)39-31)23-37-22-25-16-18-26(35-4)19-17-25/h6-19,21,29-32H,20,22-24H2,1-5H3/t29-,30-,31+,32-/m0/s1. The van der Waals surface area contributed by atoms with E-state index < -0.39 is 14.6 Å². The number of methoxy groups -OCH3 is 2. The number of hydrogen-bond donors (Lipinski definition) is 0. The molecule has 1 fully saturated rings. The molecular weight excluding hydrogens is 520 g/mol. The highest BCUT2D eigenvalue weighted by Crippen LogP contribution is 2.40. The SMILES string of the molecule is COc1ccc(COC[C@@H]2[C@@H](OC)O[C@H](CO[Si](c3ccccc3)(c3ccccc3)C(C)(C)C)[C@H]2CC=O)cc1. The third-order valence-corrected chi connectivity index (χ3v) is 12.9. The number of carbonyl (C=O) groups is 1. The summed E-state index contributed by atoms with van der Waals surface area (Å²) in [7, 11) is 0.542. The number of benzene rings is 3. The summed E-state index contributed by atoms with van der Waals surface area (Å²) in [6.45, 7) is 8.00. The number of carbonyl (C=O) groups excluding carboxylic acids is 1. The van der Waals surface area contributed by atoms with Crippen LogP contribution < -0.4 is 15.1 Å². The lowest BCUT2D eigenvalue weighted by Crippen LogP contribution is -2.67. The molecule has 1 heterocycles. The number of rotatable bonds is 13. The zero-order valence-corrected chi connectivity index (χ0v) is 25.2. The molecule has 1 aliphatic heterocycles. The van der Waals surface area contributed by atoms with Crippen LogP contribution >= 0.6 is 0 Å². The maximum absolute atomic E-state index is 11.8. The lowest BCUT2D eigenvalue weighted by atomic mass is 9.88. The fourth-order valence-corrected chi connectivity index (χ4v) is 10.5. The van der Waals surface area contributed by atoms with Gasteiger partial charge in [-0.1, -0.05) is 93.6 Å². The van der Waals surface area contributed by atoms with Gasteiger partial charge in [0.15, 0.2) is 6.29 Å². The molecule has 4 rings (SSSR count). The van der Waals surface area contributed by atoms with Crippen molar-refractivity contribution in [3.8, 4) is 5.75 Å². The molecule has 0 amide bonds. The normalized spacial score (nSPS) is 21.3. The zero-order valence-electron chi connectivity index (χ0n) is 24.2. The molecular formula is C33H42O6Si. The Morgan fingerprint density at radius 1 is 0.825 bits per heavy atom. The van der Waals surface area contributed by atoms with Crippen LogP contribution in [0.25, 0.3) is 0 Å². The Bertz CT molecular complexity index is 1140. The van der Waals surface area contributed by atoms with Crippen molar-refractivity contribution in [1.82, 2.24) is 0 Å². The van der Waals surface area contributed by atoms with Crippen LogP contribution in [0.2, 0.25) is 5.04 Å². The highest BCUT2D eigenvalue weighted by atomic mass is 28.4. The van der Waals surface area contributed by atoms with Gasteiger partial charge in [-0.05, 0) is 33.1 Å². The van der Waals surface area contributed by atoms with E-state index in [1.807, 2.05) is 36.4 Å². The van der Waals surface area contributed by atoms with E-state index in [9.17, 15) is 4.79 Å². The molecule has 0 N–H and O–H groups in total. The van der Waals surface area contributed by atoms with Crippen LogP contribution in [0.4, 0.5) is 0 Å². The van der Waals surface area contributed by atoms with Gasteiger partial charge in [-0.15, -0.1) is 0 Å². The van der Waals surface area contributed by atoms with E-state index in [-0.39, 0.29) is 23.0 Å². The van der Waals surface area contributed by atoms with Crippen molar-refractivity contribution < 1.29 is 28.2 Å². The van der Waals surface area contributed by atoms with Crippen LogP contribution in [0.1, 0.15) is 32.8 Å². The molecule has 3 aromatic rings. The van der Waals surface area contributed by atoms with Crippen molar-refractivity contribution in [2.24, 2.45) is 11.8 Å². The Hall–Kier alpha value is -2.81. The highest BCUT2D eigenvalue weighted by Gasteiger charge is 2.52. The first-order valence-corrected chi connectivity index (χ1v) is 15.8. The minimum Gasteiger partial charge on any atom is -0.497 e. The topological polar surface area (TPSA) is 63.2 Å². The summed E-state index contributed by atoms with van der Waals surface area (Å²) < 4.78 is 30.7. The third-order valence-electron chi connectivity index (χ3n) is 7.91. The summed E-state index contributed by atoms with van der Waals surface area (Å²) in [6.07, 6.45) is 0.545. The van der Waals surface area contributed by atoms with E-state index in [2.05, 4.69) is 69.3 Å². The lowest BCUT2D eigenvalue weighted by molar-refractivity contribution is -0.145. The van der Waals surface area contributed by atoms with E-state index in [4.69, 9.17) is 23.4 Å². The average molecular weight is 563 g/mol. The third kappa shape index (κ3) is 6.56. The molecule has 0 spiro atoms. The molecule has 40 heavy (non-hydrogen) atoms. The van der Waals surface area contributed by atoms with Gasteiger partial charge in [0.05, 0.1) is 33.0 Å². The molecule has 0 aromatic heterocycles. The zero-order chi connectivity index (χ0) is 28.6. The second kappa shape index (κ2) is 13.7. The second-order valence-electron chi connectivity index (χ2n) is 11.3. The Morgan fingerprint density at radius 3 is 1.93 bits per heavy atom. The van der Waals surface area contributed by atoms with Crippen molar-refractivity contribution in [3.63, 3.8) is 0 Å². The van der Waals surface area contributed by atoms with Crippen molar-refractivity contribution >= 4 is 25.0 Å². The van der Waals surface area contributed by atoms with Crippen LogP contribution in [0.5, 0.6) is 5.75 Å². The van der Waals surface area contributed by atoms with E-state index in [1.165, 1.54) is 10.4 Å². The second-order valence-corrected chi connectivity index (χ2v) is 15.7. The summed E-state index contributed by atoms with van der Waals surface area (Å²) in [4.78, 5) is 11.8. The van der Waals surface area contributed by atoms with E-state index >= 15 is 0 Å². The Kier molecular flexibility index (Phi) is 10.3. The maximum Gasteiger partial charge on any atom is 0.261 e. The Balaban J connectivity index is 1.55. The summed E-state index contributed by atoms with van der Waals surface area (Å²) in [5.74, 6) is 0.625. The Morgan fingerprint density at radius 2 is 1.43 bits per heavy atom. The van der Waals surface area contributed by atoms with Gasteiger partial charge in [-0.2, -0.15) is 0 Å². The van der Waals surface area contributed by atoms with Gasteiger partial charge in [-0.25, -0.2) is 0 Å². The highest BCUT2D eigenvalue weighted by molar-refractivity contribution is 6.99. The van der Waals surface area contributed by atoms with Gasteiger partial charge in [0.25, 0.3) is 8.32 Å². The van der Waals surface area contributed by atoms with Gasteiger partial charge >= 0.3 is 0 Å². The van der Waals surface area contributed by atoms with Crippen molar-refractivity contribution in [2.45, 2.75) is 51.2 Å². The van der Waals surface area contributed by atoms with Crippen molar-refractivity contribution in [2.75, 3.05) is 27.4 Å². The molecule has 1 aliphatic rings. The first-order valence-electron chi connectivity index (χ1n) is 13.9. The molecule has 3 aromatic carbocycles. The fraction of sp³-hybridized carbons (Fsp3) is 0.424. The van der Waals surface area contributed by atoms with Crippen LogP contribution in [-0.2, 0) is 30.0 Å². The molecule has 0 radical (unpaired) electrons. The monoisotopic (exact) mass is 562 g/mol. The molecule has 4 atom stereocenters. The first kappa shape index (κ1) is 30.2.